The van der Waals surface area contributed by atoms with Crippen LogP contribution in [0.2, 0.25) is 0 Å². The van der Waals surface area contributed by atoms with Crippen LogP contribution >= 0.6 is 0 Å². The van der Waals surface area contributed by atoms with Crippen LogP contribution in [0.15, 0.2) is 12.4 Å². The highest BCUT2D eigenvalue weighted by Gasteiger charge is 2.32. The first-order chi connectivity index (χ1) is 5.98. The summed E-state index contributed by atoms with van der Waals surface area (Å²) >= 11 is 0. The molecule has 1 aliphatic rings. The topological polar surface area (TPSA) is 40.6 Å². The lowest BCUT2D eigenvalue weighted by molar-refractivity contribution is 0.220. The molecular formula is C6H10F2N2O2S. The third-order valence-corrected chi connectivity index (χ3v) is 3.06. The molecule has 1 aliphatic heterocycles. The van der Waals surface area contributed by atoms with Gasteiger partial charge in [-0.1, -0.05) is 0 Å². The number of nitrogens with zero attached hydrogens (tertiary/aromatic N) is 2. The quantitative estimate of drug-likeness (QED) is 0.688. The molecule has 0 radical (unpaired) electrons. The Morgan fingerprint density at radius 3 is 2.46 bits per heavy atom. The highest BCUT2D eigenvalue weighted by Crippen LogP contribution is 2.17. The lowest BCUT2D eigenvalue weighted by atomic mass is 10.6. The predicted molar refractivity (Wildman–Crippen MR) is 43.1 cm³/mol. The maximum absolute atomic E-state index is 12.0. The molecular weight excluding hydrogens is 202 g/mol. The molecule has 76 valence electrons. The van der Waals surface area contributed by atoms with E-state index in [1.54, 1.807) is 4.90 Å². The minimum absolute atomic E-state index is 0.0246. The molecule has 0 bridgehead atoms. The number of hydrogen-bond acceptors (Lipinski definition) is 3. The first kappa shape index (κ1) is 10.2. The maximum atomic E-state index is 12.0. The molecule has 0 amide bonds. The van der Waals surface area contributed by atoms with Crippen LogP contribution in [-0.4, -0.2) is 36.6 Å². The normalized spacial score (nSPS) is 17.5. The van der Waals surface area contributed by atoms with Crippen molar-refractivity contribution >= 4 is 10.0 Å². The number of halogens is 2. The Balaban J connectivity index is 2.73. The monoisotopic (exact) mass is 212 g/mol. The average Bonchev–Trinajstić information content (AvgIpc) is 2.51. The van der Waals surface area contributed by atoms with Gasteiger partial charge in [0.15, 0.2) is 0 Å². The van der Waals surface area contributed by atoms with E-state index in [9.17, 15) is 17.2 Å². The van der Waals surface area contributed by atoms with Crippen LogP contribution in [0.4, 0.5) is 8.78 Å². The van der Waals surface area contributed by atoms with Crippen LogP contribution < -0.4 is 0 Å². The van der Waals surface area contributed by atoms with Gasteiger partial charge in [-0.25, -0.2) is 8.42 Å². The van der Waals surface area contributed by atoms with Gasteiger partial charge in [-0.05, 0) is 6.92 Å². The Kier molecular flexibility index (Phi) is 2.74. The van der Waals surface area contributed by atoms with Gasteiger partial charge in [-0.2, -0.15) is 8.78 Å². The fraction of sp³-hybridized carbons (Fsp3) is 0.667. The second-order valence-corrected chi connectivity index (χ2v) is 4.39. The molecule has 0 aliphatic carbocycles. The van der Waals surface area contributed by atoms with E-state index in [1.165, 1.54) is 6.20 Å². The molecule has 0 unspecified atom stereocenters. The molecule has 1 heterocycles. The van der Waals surface area contributed by atoms with Crippen molar-refractivity contribution in [1.82, 2.24) is 9.21 Å². The van der Waals surface area contributed by atoms with Crippen molar-refractivity contribution in [1.29, 1.82) is 0 Å². The van der Waals surface area contributed by atoms with Crippen molar-refractivity contribution in [2.45, 2.75) is 12.7 Å². The highest BCUT2D eigenvalue weighted by molar-refractivity contribution is 7.89. The zero-order valence-corrected chi connectivity index (χ0v) is 7.84. The molecule has 0 fully saturated rings. The number of sulfonamides is 1. The molecule has 0 aromatic heterocycles. The molecule has 0 saturated carbocycles. The minimum atomic E-state index is -4.45. The number of hydrogen-bond donors (Lipinski definition) is 0. The number of alkyl halides is 2. The molecule has 0 saturated heterocycles. The van der Waals surface area contributed by atoms with Crippen LogP contribution in [-0.2, 0) is 10.0 Å². The van der Waals surface area contributed by atoms with Gasteiger partial charge in [0.1, 0.15) is 6.67 Å². The standard InChI is InChI=1S/C6H10F2N2O2S/c1-2-9-3-4-10(5-9)13(11,12)6(7)8/h3-4,6H,2,5H2,1H3. The Labute approximate surface area is 75.5 Å². The first-order valence-corrected chi connectivity index (χ1v) is 5.20. The highest BCUT2D eigenvalue weighted by atomic mass is 32.2. The molecule has 0 aromatic rings. The second kappa shape index (κ2) is 3.49. The SMILES string of the molecule is CCN1C=CN(S(=O)(=O)C(F)F)C1. The molecule has 4 nitrogen and oxygen atoms in total. The zero-order chi connectivity index (χ0) is 10.1. The van der Waals surface area contributed by atoms with Crippen molar-refractivity contribution in [3.05, 3.63) is 12.4 Å². The molecule has 0 atom stereocenters. The van der Waals surface area contributed by atoms with Crippen molar-refractivity contribution in [3.63, 3.8) is 0 Å². The Morgan fingerprint density at radius 1 is 1.46 bits per heavy atom. The van der Waals surface area contributed by atoms with E-state index in [2.05, 4.69) is 0 Å². The molecule has 0 spiro atoms. The van der Waals surface area contributed by atoms with E-state index in [0.29, 0.717) is 10.8 Å². The van der Waals surface area contributed by atoms with Gasteiger partial charge in [0.2, 0.25) is 0 Å². The summed E-state index contributed by atoms with van der Waals surface area (Å²) in [6.07, 6.45) is 2.62. The van der Waals surface area contributed by atoms with Gasteiger partial charge < -0.3 is 4.90 Å². The minimum Gasteiger partial charge on any atom is -0.358 e. The average molecular weight is 212 g/mol. The van der Waals surface area contributed by atoms with E-state index in [-0.39, 0.29) is 6.67 Å². The molecule has 13 heavy (non-hydrogen) atoms. The molecule has 0 aromatic carbocycles. The fourth-order valence-electron chi connectivity index (χ4n) is 0.915. The van der Waals surface area contributed by atoms with Crippen LogP contribution in [0.3, 0.4) is 0 Å². The van der Waals surface area contributed by atoms with E-state index in [1.807, 2.05) is 6.92 Å². The Hall–Kier alpha value is -0.850. The lowest BCUT2D eigenvalue weighted by Gasteiger charge is -2.19. The van der Waals surface area contributed by atoms with E-state index < -0.39 is 15.8 Å². The lowest BCUT2D eigenvalue weighted by Crippen LogP contribution is -2.34. The van der Waals surface area contributed by atoms with Crippen molar-refractivity contribution in [3.8, 4) is 0 Å². The largest absolute Gasteiger partial charge is 0.358 e. The van der Waals surface area contributed by atoms with E-state index in [4.69, 9.17) is 0 Å². The summed E-state index contributed by atoms with van der Waals surface area (Å²) in [7, 11) is -4.45. The van der Waals surface area contributed by atoms with E-state index >= 15 is 0 Å². The van der Waals surface area contributed by atoms with Crippen LogP contribution in [0.25, 0.3) is 0 Å². The van der Waals surface area contributed by atoms with Gasteiger partial charge in [0.25, 0.3) is 10.0 Å². The summed E-state index contributed by atoms with van der Waals surface area (Å²) in [5.74, 6) is -3.35. The molecule has 0 N–H and O–H groups in total. The third-order valence-electron chi connectivity index (χ3n) is 1.72. The van der Waals surface area contributed by atoms with Crippen molar-refractivity contribution in [2.24, 2.45) is 0 Å². The van der Waals surface area contributed by atoms with Gasteiger partial charge in [-0.3, -0.25) is 4.31 Å². The summed E-state index contributed by atoms with van der Waals surface area (Å²) < 4.78 is 46.5. The maximum Gasteiger partial charge on any atom is 0.355 e. The van der Waals surface area contributed by atoms with Crippen molar-refractivity contribution < 1.29 is 17.2 Å². The smallest absolute Gasteiger partial charge is 0.355 e. The van der Waals surface area contributed by atoms with Crippen LogP contribution in [0.1, 0.15) is 6.92 Å². The van der Waals surface area contributed by atoms with Gasteiger partial charge in [-0.15, -0.1) is 0 Å². The van der Waals surface area contributed by atoms with Gasteiger partial charge in [0, 0.05) is 18.9 Å². The Bertz CT molecular complexity index is 302. The van der Waals surface area contributed by atoms with Gasteiger partial charge >= 0.3 is 5.76 Å². The summed E-state index contributed by atoms with van der Waals surface area (Å²) in [6.45, 7) is 2.37. The summed E-state index contributed by atoms with van der Waals surface area (Å²) in [4.78, 5) is 1.61. The van der Waals surface area contributed by atoms with E-state index in [0.717, 1.165) is 6.20 Å². The second-order valence-electron chi connectivity index (χ2n) is 2.54. The first-order valence-electron chi connectivity index (χ1n) is 3.69. The summed E-state index contributed by atoms with van der Waals surface area (Å²) in [6, 6.07) is 0. The Morgan fingerprint density at radius 2 is 2.08 bits per heavy atom. The van der Waals surface area contributed by atoms with Crippen LogP contribution in [0, 0.1) is 0 Å². The fourth-order valence-corrected chi connectivity index (χ4v) is 1.65. The summed E-state index contributed by atoms with van der Waals surface area (Å²) in [5.41, 5.74) is 0. The summed E-state index contributed by atoms with van der Waals surface area (Å²) in [5, 5.41) is 0. The van der Waals surface area contributed by atoms with Gasteiger partial charge in [0.05, 0.1) is 0 Å². The van der Waals surface area contributed by atoms with Crippen LogP contribution in [0.5, 0.6) is 0 Å². The molecule has 7 heteroatoms. The van der Waals surface area contributed by atoms with Crippen molar-refractivity contribution in [2.75, 3.05) is 13.2 Å². The molecule has 1 rings (SSSR count). The zero-order valence-electron chi connectivity index (χ0n) is 7.02. The number of rotatable bonds is 3. The third kappa shape index (κ3) is 1.90. The predicted octanol–water partition coefficient (Wildman–Crippen LogP) is 0.605.